The van der Waals surface area contributed by atoms with Crippen LogP contribution in [0.2, 0.25) is 0 Å². The first-order chi connectivity index (χ1) is 12.1. The van der Waals surface area contributed by atoms with Gasteiger partial charge in [-0.3, -0.25) is 9.69 Å². The molecule has 1 aromatic rings. The van der Waals surface area contributed by atoms with Crippen molar-refractivity contribution >= 4 is 5.91 Å². The van der Waals surface area contributed by atoms with E-state index in [9.17, 15) is 9.59 Å². The standard InChI is InChI=1S/C18H27N3O4/c1-13-11-15(14-3-2-4-19-12-14)25-18(23)16(13)17(22)20-5-6-21-7-9-24-10-8-21/h11,14,19H,2-10,12H2,1H3,(H,20,22). The molecule has 0 aromatic carbocycles. The van der Waals surface area contributed by atoms with Crippen LogP contribution in [0, 0.1) is 6.92 Å². The van der Waals surface area contributed by atoms with E-state index in [1.807, 2.05) is 6.07 Å². The van der Waals surface area contributed by atoms with E-state index >= 15 is 0 Å². The highest BCUT2D eigenvalue weighted by atomic mass is 16.5. The fraction of sp³-hybridized carbons (Fsp3) is 0.667. The van der Waals surface area contributed by atoms with Crippen LogP contribution in [0.15, 0.2) is 15.3 Å². The molecular formula is C18H27N3O4. The van der Waals surface area contributed by atoms with E-state index in [1.165, 1.54) is 0 Å². The molecule has 2 fully saturated rings. The second-order valence-electron chi connectivity index (χ2n) is 6.75. The Hall–Kier alpha value is -1.70. The highest BCUT2D eigenvalue weighted by molar-refractivity contribution is 5.95. The normalized spacial score (nSPS) is 21.9. The minimum Gasteiger partial charge on any atom is -0.427 e. The number of nitrogens with zero attached hydrogens (tertiary/aromatic N) is 1. The lowest BCUT2D eigenvalue weighted by Gasteiger charge is -2.26. The monoisotopic (exact) mass is 349 g/mol. The summed E-state index contributed by atoms with van der Waals surface area (Å²) >= 11 is 0. The number of morpholine rings is 1. The molecule has 0 aliphatic carbocycles. The van der Waals surface area contributed by atoms with E-state index in [1.54, 1.807) is 6.92 Å². The summed E-state index contributed by atoms with van der Waals surface area (Å²) in [5.41, 5.74) is 0.264. The number of nitrogens with one attached hydrogen (secondary N) is 2. The van der Waals surface area contributed by atoms with Crippen LogP contribution in [0.25, 0.3) is 0 Å². The molecule has 1 unspecified atom stereocenters. The summed E-state index contributed by atoms with van der Waals surface area (Å²) in [5, 5.41) is 6.15. The molecule has 2 N–H and O–H groups in total. The molecule has 0 saturated carbocycles. The molecule has 138 valence electrons. The van der Waals surface area contributed by atoms with E-state index in [0.717, 1.165) is 58.8 Å². The summed E-state index contributed by atoms with van der Waals surface area (Å²) in [6.45, 7) is 8.09. The third kappa shape index (κ3) is 4.68. The zero-order valence-electron chi connectivity index (χ0n) is 14.8. The molecule has 7 heteroatoms. The Morgan fingerprint density at radius 1 is 1.40 bits per heavy atom. The first kappa shape index (κ1) is 18.1. The van der Waals surface area contributed by atoms with Gasteiger partial charge in [-0.2, -0.15) is 0 Å². The summed E-state index contributed by atoms with van der Waals surface area (Å²) in [6.07, 6.45) is 2.07. The molecule has 7 nitrogen and oxygen atoms in total. The number of aryl methyl sites for hydroxylation is 1. The number of carbonyl (C=O) groups excluding carboxylic acids is 1. The number of hydrogen-bond acceptors (Lipinski definition) is 6. The predicted molar refractivity (Wildman–Crippen MR) is 94.2 cm³/mol. The van der Waals surface area contributed by atoms with Crippen molar-refractivity contribution in [2.24, 2.45) is 0 Å². The number of hydrogen-bond donors (Lipinski definition) is 2. The molecule has 1 amide bonds. The minimum absolute atomic E-state index is 0.120. The third-order valence-electron chi connectivity index (χ3n) is 4.91. The zero-order chi connectivity index (χ0) is 17.6. The van der Waals surface area contributed by atoms with E-state index in [4.69, 9.17) is 9.15 Å². The van der Waals surface area contributed by atoms with Gasteiger partial charge in [0.25, 0.3) is 5.91 Å². The van der Waals surface area contributed by atoms with Crippen LogP contribution >= 0.6 is 0 Å². The van der Waals surface area contributed by atoms with Gasteiger partial charge in [-0.1, -0.05) is 0 Å². The summed E-state index contributed by atoms with van der Waals surface area (Å²) < 4.78 is 10.8. The smallest absolute Gasteiger partial charge is 0.349 e. The molecule has 1 atom stereocenters. The van der Waals surface area contributed by atoms with Crippen LogP contribution in [0.4, 0.5) is 0 Å². The van der Waals surface area contributed by atoms with Crippen molar-refractivity contribution in [1.29, 1.82) is 0 Å². The Morgan fingerprint density at radius 2 is 2.20 bits per heavy atom. The Balaban J connectivity index is 1.60. The topological polar surface area (TPSA) is 83.8 Å². The molecule has 2 aliphatic rings. The second kappa shape index (κ2) is 8.60. The Labute approximate surface area is 147 Å². The van der Waals surface area contributed by atoms with Crippen molar-refractivity contribution in [2.75, 3.05) is 52.5 Å². The second-order valence-corrected chi connectivity index (χ2v) is 6.75. The van der Waals surface area contributed by atoms with Gasteiger partial charge < -0.3 is 19.8 Å². The van der Waals surface area contributed by atoms with Crippen LogP contribution in [0.5, 0.6) is 0 Å². The summed E-state index contributed by atoms with van der Waals surface area (Å²) in [7, 11) is 0. The Kier molecular flexibility index (Phi) is 6.23. The highest BCUT2D eigenvalue weighted by Gasteiger charge is 2.22. The van der Waals surface area contributed by atoms with Gasteiger partial charge in [0.1, 0.15) is 11.3 Å². The SMILES string of the molecule is Cc1cc(C2CCCNC2)oc(=O)c1C(=O)NCCN1CCOCC1. The van der Waals surface area contributed by atoms with Crippen LogP contribution in [-0.4, -0.2) is 63.3 Å². The van der Waals surface area contributed by atoms with Gasteiger partial charge in [-0.25, -0.2) is 4.79 Å². The van der Waals surface area contributed by atoms with Crippen LogP contribution in [0.3, 0.4) is 0 Å². The number of piperidine rings is 1. The molecule has 2 aliphatic heterocycles. The van der Waals surface area contributed by atoms with Gasteiger partial charge in [0.15, 0.2) is 0 Å². The first-order valence-corrected chi connectivity index (χ1v) is 9.09. The van der Waals surface area contributed by atoms with E-state index in [0.29, 0.717) is 17.9 Å². The average Bonchev–Trinajstić information content (AvgIpc) is 2.63. The molecular weight excluding hydrogens is 322 g/mol. The lowest BCUT2D eigenvalue weighted by molar-refractivity contribution is 0.0383. The summed E-state index contributed by atoms with van der Waals surface area (Å²) in [4.78, 5) is 27.0. The number of amides is 1. The first-order valence-electron chi connectivity index (χ1n) is 9.09. The van der Waals surface area contributed by atoms with Gasteiger partial charge in [0.05, 0.1) is 13.2 Å². The zero-order valence-corrected chi connectivity index (χ0v) is 14.8. The van der Waals surface area contributed by atoms with E-state index < -0.39 is 5.63 Å². The minimum atomic E-state index is -0.538. The molecule has 0 bridgehead atoms. The molecule has 3 heterocycles. The molecule has 2 saturated heterocycles. The quantitative estimate of drug-likeness (QED) is 0.804. The number of carbonyl (C=O) groups is 1. The maximum atomic E-state index is 12.4. The molecule has 1 aromatic heterocycles. The lowest BCUT2D eigenvalue weighted by Crippen LogP contribution is -2.42. The van der Waals surface area contributed by atoms with Gasteiger partial charge in [0.2, 0.25) is 0 Å². The van der Waals surface area contributed by atoms with Crippen LogP contribution < -0.4 is 16.3 Å². The van der Waals surface area contributed by atoms with E-state index in [2.05, 4.69) is 15.5 Å². The summed E-state index contributed by atoms with van der Waals surface area (Å²) in [5.74, 6) is 0.533. The Morgan fingerprint density at radius 3 is 2.88 bits per heavy atom. The molecule has 25 heavy (non-hydrogen) atoms. The van der Waals surface area contributed by atoms with Crippen molar-refractivity contribution in [2.45, 2.75) is 25.7 Å². The maximum Gasteiger partial charge on any atom is 0.349 e. The molecule has 3 rings (SSSR count). The van der Waals surface area contributed by atoms with Gasteiger partial charge in [-0.15, -0.1) is 0 Å². The van der Waals surface area contributed by atoms with Crippen LogP contribution in [-0.2, 0) is 4.74 Å². The lowest BCUT2D eigenvalue weighted by atomic mass is 9.95. The number of rotatable bonds is 5. The summed E-state index contributed by atoms with van der Waals surface area (Å²) in [6, 6.07) is 1.84. The van der Waals surface area contributed by atoms with Crippen molar-refractivity contribution < 1.29 is 13.9 Å². The van der Waals surface area contributed by atoms with Crippen molar-refractivity contribution in [3.63, 3.8) is 0 Å². The van der Waals surface area contributed by atoms with Gasteiger partial charge >= 0.3 is 5.63 Å². The molecule has 0 spiro atoms. The van der Waals surface area contributed by atoms with E-state index in [-0.39, 0.29) is 17.4 Å². The predicted octanol–water partition coefficient (Wildman–Crippen LogP) is 0.477. The third-order valence-corrected chi connectivity index (χ3v) is 4.91. The van der Waals surface area contributed by atoms with Crippen molar-refractivity contribution in [3.05, 3.63) is 33.4 Å². The largest absolute Gasteiger partial charge is 0.427 e. The average molecular weight is 349 g/mol. The Bertz CT molecular complexity index is 646. The van der Waals surface area contributed by atoms with Crippen LogP contribution in [0.1, 0.15) is 40.4 Å². The van der Waals surface area contributed by atoms with Crippen molar-refractivity contribution in [1.82, 2.24) is 15.5 Å². The van der Waals surface area contributed by atoms with Crippen molar-refractivity contribution in [3.8, 4) is 0 Å². The fourth-order valence-corrected chi connectivity index (χ4v) is 3.44. The van der Waals surface area contributed by atoms with Gasteiger partial charge in [0, 0.05) is 38.6 Å². The highest BCUT2D eigenvalue weighted by Crippen LogP contribution is 2.23. The molecule has 0 radical (unpaired) electrons. The maximum absolute atomic E-state index is 12.4. The fourth-order valence-electron chi connectivity index (χ4n) is 3.44. The number of ether oxygens (including phenoxy) is 1. The van der Waals surface area contributed by atoms with Gasteiger partial charge in [-0.05, 0) is 37.9 Å².